The number of hydrogen-bond donors (Lipinski definition) is 1. The second kappa shape index (κ2) is 9.12. The standard InChI is InChI=1S/C23H28ClN3O2/c24-18-11-9-17(10-12-18)21-7-4-14-27(21)23-25-15-19(22(28)29)20(26-23)13-8-16-5-2-1-3-6-16/h9-12,15-16,21H,1-8,13-14H2,(H,28,29)/t21-/m0/s1. The van der Waals surface area contributed by atoms with E-state index in [2.05, 4.69) is 22.0 Å². The predicted molar refractivity (Wildman–Crippen MR) is 115 cm³/mol. The van der Waals surface area contributed by atoms with Crippen LogP contribution < -0.4 is 4.90 Å². The third-order valence-electron chi connectivity index (χ3n) is 6.36. The minimum atomic E-state index is -0.939. The fourth-order valence-corrected chi connectivity index (χ4v) is 4.89. The van der Waals surface area contributed by atoms with Crippen LogP contribution in [-0.2, 0) is 6.42 Å². The summed E-state index contributed by atoms with van der Waals surface area (Å²) in [6.45, 7) is 0.877. The maximum absolute atomic E-state index is 11.7. The quantitative estimate of drug-likeness (QED) is 0.659. The maximum atomic E-state index is 11.7. The molecule has 0 radical (unpaired) electrons. The summed E-state index contributed by atoms with van der Waals surface area (Å²) in [7, 11) is 0. The number of carbonyl (C=O) groups is 1. The number of carboxylic acids is 1. The average molecular weight is 414 g/mol. The summed E-state index contributed by atoms with van der Waals surface area (Å²) in [4.78, 5) is 23.1. The van der Waals surface area contributed by atoms with E-state index in [1.54, 1.807) is 0 Å². The summed E-state index contributed by atoms with van der Waals surface area (Å²) in [5, 5.41) is 10.3. The van der Waals surface area contributed by atoms with Crippen LogP contribution in [0.3, 0.4) is 0 Å². The van der Waals surface area contributed by atoms with Crippen LogP contribution >= 0.6 is 11.6 Å². The molecule has 2 heterocycles. The number of nitrogens with zero attached hydrogens (tertiary/aromatic N) is 3. The summed E-state index contributed by atoms with van der Waals surface area (Å²) in [6.07, 6.45) is 11.7. The molecule has 5 nitrogen and oxygen atoms in total. The Balaban J connectivity index is 1.56. The van der Waals surface area contributed by atoms with Gasteiger partial charge in [0.2, 0.25) is 5.95 Å². The Morgan fingerprint density at radius 2 is 1.86 bits per heavy atom. The fourth-order valence-electron chi connectivity index (χ4n) is 4.77. The van der Waals surface area contributed by atoms with E-state index in [-0.39, 0.29) is 11.6 Å². The van der Waals surface area contributed by atoms with Gasteiger partial charge in [-0.15, -0.1) is 0 Å². The number of hydrogen-bond acceptors (Lipinski definition) is 4. The fraction of sp³-hybridized carbons (Fsp3) is 0.522. The van der Waals surface area contributed by atoms with Crippen LogP contribution in [0.2, 0.25) is 5.02 Å². The number of aromatic nitrogens is 2. The number of aromatic carboxylic acids is 1. The van der Waals surface area contributed by atoms with Gasteiger partial charge in [-0.3, -0.25) is 0 Å². The zero-order chi connectivity index (χ0) is 20.2. The lowest BCUT2D eigenvalue weighted by atomic mass is 9.85. The predicted octanol–water partition coefficient (Wildman–Crippen LogP) is 5.68. The molecule has 1 saturated carbocycles. The van der Waals surface area contributed by atoms with Crippen molar-refractivity contribution in [1.82, 2.24) is 9.97 Å². The van der Waals surface area contributed by atoms with E-state index in [0.29, 0.717) is 24.0 Å². The Kier molecular flexibility index (Phi) is 6.34. The molecule has 0 bridgehead atoms. The van der Waals surface area contributed by atoms with Crippen molar-refractivity contribution in [1.29, 1.82) is 0 Å². The molecule has 1 N–H and O–H groups in total. The SMILES string of the molecule is O=C(O)c1cnc(N2CCC[C@H]2c2ccc(Cl)cc2)nc1CCC1CCCCC1. The van der Waals surface area contributed by atoms with Gasteiger partial charge in [0.05, 0.1) is 17.3 Å². The Hall–Kier alpha value is -2.14. The molecule has 0 unspecified atom stereocenters. The van der Waals surface area contributed by atoms with Gasteiger partial charge in [0.15, 0.2) is 0 Å². The monoisotopic (exact) mass is 413 g/mol. The van der Waals surface area contributed by atoms with Gasteiger partial charge in [-0.05, 0) is 49.3 Å². The highest BCUT2D eigenvalue weighted by Crippen LogP contribution is 2.35. The third-order valence-corrected chi connectivity index (χ3v) is 6.62. The summed E-state index contributed by atoms with van der Waals surface area (Å²) < 4.78 is 0. The van der Waals surface area contributed by atoms with Gasteiger partial charge in [-0.25, -0.2) is 14.8 Å². The van der Waals surface area contributed by atoms with Gasteiger partial charge in [0, 0.05) is 17.8 Å². The first-order chi connectivity index (χ1) is 14.1. The van der Waals surface area contributed by atoms with Crippen LogP contribution in [0, 0.1) is 5.92 Å². The van der Waals surface area contributed by atoms with Crippen molar-refractivity contribution in [3.05, 3.63) is 52.3 Å². The molecule has 0 spiro atoms. The first-order valence-electron chi connectivity index (χ1n) is 10.7. The molecule has 1 atom stereocenters. The molecule has 0 amide bonds. The first kappa shape index (κ1) is 20.1. The minimum Gasteiger partial charge on any atom is -0.478 e. The van der Waals surface area contributed by atoms with Crippen LogP contribution in [0.25, 0.3) is 0 Å². The zero-order valence-corrected chi connectivity index (χ0v) is 17.4. The summed E-state index contributed by atoms with van der Waals surface area (Å²) in [5.41, 5.74) is 2.11. The van der Waals surface area contributed by atoms with E-state index in [9.17, 15) is 9.90 Å². The molecule has 1 aromatic carbocycles. The number of aryl methyl sites for hydroxylation is 1. The molecule has 2 fully saturated rings. The van der Waals surface area contributed by atoms with Crippen molar-refractivity contribution in [3.8, 4) is 0 Å². The van der Waals surface area contributed by atoms with Crippen LogP contribution in [0.1, 0.15) is 79.0 Å². The molecule has 1 aliphatic heterocycles. The van der Waals surface area contributed by atoms with Crippen LogP contribution in [0.15, 0.2) is 30.5 Å². The molecular formula is C23H28ClN3O2. The topological polar surface area (TPSA) is 66.3 Å². The molecule has 154 valence electrons. The zero-order valence-electron chi connectivity index (χ0n) is 16.7. The number of anilines is 1. The molecular weight excluding hydrogens is 386 g/mol. The summed E-state index contributed by atoms with van der Waals surface area (Å²) in [6, 6.07) is 8.14. The van der Waals surface area contributed by atoms with Gasteiger partial charge in [-0.1, -0.05) is 55.8 Å². The van der Waals surface area contributed by atoms with Gasteiger partial charge in [0.1, 0.15) is 0 Å². The van der Waals surface area contributed by atoms with Crippen LogP contribution in [0.5, 0.6) is 0 Å². The van der Waals surface area contributed by atoms with E-state index in [4.69, 9.17) is 16.6 Å². The third kappa shape index (κ3) is 4.72. The van der Waals surface area contributed by atoms with Crippen LogP contribution in [0.4, 0.5) is 5.95 Å². The largest absolute Gasteiger partial charge is 0.478 e. The van der Waals surface area contributed by atoms with E-state index >= 15 is 0 Å². The van der Waals surface area contributed by atoms with Crippen molar-refractivity contribution in [2.45, 2.75) is 63.8 Å². The van der Waals surface area contributed by atoms with Crippen LogP contribution in [-0.4, -0.2) is 27.6 Å². The van der Waals surface area contributed by atoms with Gasteiger partial charge in [-0.2, -0.15) is 0 Å². The van der Waals surface area contributed by atoms with E-state index in [0.717, 1.165) is 30.8 Å². The molecule has 2 aliphatic rings. The highest BCUT2D eigenvalue weighted by molar-refractivity contribution is 6.30. The molecule has 4 rings (SSSR count). The highest BCUT2D eigenvalue weighted by atomic mass is 35.5. The van der Waals surface area contributed by atoms with E-state index < -0.39 is 5.97 Å². The summed E-state index contributed by atoms with van der Waals surface area (Å²) >= 11 is 6.04. The molecule has 29 heavy (non-hydrogen) atoms. The van der Waals surface area contributed by atoms with Crippen molar-refractivity contribution >= 4 is 23.5 Å². The van der Waals surface area contributed by atoms with Crippen molar-refractivity contribution < 1.29 is 9.90 Å². The second-order valence-electron chi connectivity index (χ2n) is 8.28. The lowest BCUT2D eigenvalue weighted by Gasteiger charge is -2.26. The number of rotatable bonds is 6. The maximum Gasteiger partial charge on any atom is 0.339 e. The lowest BCUT2D eigenvalue weighted by Crippen LogP contribution is -2.25. The number of benzene rings is 1. The normalized spacial score (nSPS) is 20.2. The van der Waals surface area contributed by atoms with Crippen molar-refractivity contribution in [2.24, 2.45) is 5.92 Å². The van der Waals surface area contributed by atoms with Gasteiger partial charge < -0.3 is 10.0 Å². The van der Waals surface area contributed by atoms with Crippen molar-refractivity contribution in [2.75, 3.05) is 11.4 Å². The molecule has 1 saturated heterocycles. The Bertz CT molecular complexity index is 850. The van der Waals surface area contributed by atoms with Crippen molar-refractivity contribution in [3.63, 3.8) is 0 Å². The highest BCUT2D eigenvalue weighted by Gasteiger charge is 2.29. The molecule has 1 aliphatic carbocycles. The van der Waals surface area contributed by atoms with E-state index in [1.807, 2.05) is 12.1 Å². The van der Waals surface area contributed by atoms with E-state index in [1.165, 1.54) is 43.9 Å². The molecule has 6 heteroatoms. The Morgan fingerprint density at radius 1 is 1.10 bits per heavy atom. The number of carboxylic acid groups (broad SMARTS) is 1. The Morgan fingerprint density at radius 3 is 2.59 bits per heavy atom. The lowest BCUT2D eigenvalue weighted by molar-refractivity contribution is 0.0694. The minimum absolute atomic E-state index is 0.203. The summed E-state index contributed by atoms with van der Waals surface area (Å²) in [5.74, 6) is 0.398. The molecule has 2 aromatic rings. The first-order valence-corrected chi connectivity index (χ1v) is 11.1. The number of halogens is 1. The van der Waals surface area contributed by atoms with Gasteiger partial charge >= 0.3 is 5.97 Å². The Labute approximate surface area is 177 Å². The second-order valence-corrected chi connectivity index (χ2v) is 8.72. The smallest absolute Gasteiger partial charge is 0.339 e. The van der Waals surface area contributed by atoms with Gasteiger partial charge in [0.25, 0.3) is 0 Å². The molecule has 1 aromatic heterocycles. The average Bonchev–Trinajstić information content (AvgIpc) is 3.23.